The topological polar surface area (TPSA) is 34.0 Å². The fourth-order valence-corrected chi connectivity index (χ4v) is 4.43. The zero-order chi connectivity index (χ0) is 20.1. The maximum Gasteiger partial charge on any atom is 0.114 e. The molecule has 0 unspecified atom stereocenters. The lowest BCUT2D eigenvalue weighted by atomic mass is 10.0. The minimum absolute atomic E-state index is 0.880. The van der Waals surface area contributed by atoms with Gasteiger partial charge in [0, 0.05) is 24.5 Å². The summed E-state index contributed by atoms with van der Waals surface area (Å²) in [7, 11) is 0. The van der Waals surface area contributed by atoms with Crippen molar-refractivity contribution in [2.75, 3.05) is 4.90 Å². The standard InChI is InChI=1S/C26H20N4/c1-2-25-28-21-9-6-10-23-26(21)30(25)22-12-11-19(18-13-15-27-16-14-18)17-24(22)29(23)20-7-4-3-5-8-20/h3-17H,2H2,1H3. The normalized spacial score (nSPS) is 12.2. The van der Waals surface area contributed by atoms with Crippen LogP contribution in [-0.2, 0) is 6.42 Å². The highest BCUT2D eigenvalue weighted by Gasteiger charge is 2.28. The number of nitrogens with zero attached hydrogens (tertiary/aromatic N) is 4. The molecule has 3 heterocycles. The molecule has 0 atom stereocenters. The Morgan fingerprint density at radius 1 is 0.733 bits per heavy atom. The second kappa shape index (κ2) is 6.56. The van der Waals surface area contributed by atoms with E-state index in [9.17, 15) is 0 Å². The monoisotopic (exact) mass is 388 g/mol. The molecule has 4 nitrogen and oxygen atoms in total. The first-order chi connectivity index (χ1) is 14.8. The first kappa shape index (κ1) is 17.0. The molecule has 0 aliphatic carbocycles. The molecule has 3 aromatic carbocycles. The molecule has 5 aromatic rings. The van der Waals surface area contributed by atoms with Crippen molar-refractivity contribution in [3.63, 3.8) is 0 Å². The molecule has 0 saturated heterocycles. The van der Waals surface area contributed by atoms with E-state index >= 15 is 0 Å². The number of anilines is 3. The van der Waals surface area contributed by atoms with Crippen LogP contribution in [0.3, 0.4) is 0 Å². The second-order valence-electron chi connectivity index (χ2n) is 7.47. The van der Waals surface area contributed by atoms with Gasteiger partial charge in [0.1, 0.15) is 5.82 Å². The molecule has 30 heavy (non-hydrogen) atoms. The molecule has 4 heteroatoms. The Kier molecular flexibility index (Phi) is 3.71. The molecule has 0 saturated carbocycles. The van der Waals surface area contributed by atoms with Crippen molar-refractivity contribution in [1.29, 1.82) is 0 Å². The van der Waals surface area contributed by atoms with Gasteiger partial charge >= 0.3 is 0 Å². The van der Waals surface area contributed by atoms with Gasteiger partial charge in [-0.25, -0.2) is 4.98 Å². The van der Waals surface area contributed by atoms with Gasteiger partial charge < -0.3 is 4.90 Å². The number of rotatable bonds is 3. The second-order valence-corrected chi connectivity index (χ2v) is 7.47. The van der Waals surface area contributed by atoms with E-state index in [1.165, 1.54) is 11.1 Å². The zero-order valence-corrected chi connectivity index (χ0v) is 16.7. The highest BCUT2D eigenvalue weighted by Crippen LogP contribution is 2.47. The highest BCUT2D eigenvalue weighted by molar-refractivity contribution is 6.02. The molecule has 0 radical (unpaired) electrons. The number of hydrogen-bond acceptors (Lipinski definition) is 3. The molecule has 0 bridgehead atoms. The summed E-state index contributed by atoms with van der Waals surface area (Å²) in [6.45, 7) is 2.17. The average molecular weight is 388 g/mol. The molecule has 0 fully saturated rings. The number of aryl methyl sites for hydroxylation is 1. The van der Waals surface area contributed by atoms with Gasteiger partial charge in [0.05, 0.1) is 28.1 Å². The van der Waals surface area contributed by atoms with Crippen molar-refractivity contribution in [3.8, 4) is 16.8 Å². The van der Waals surface area contributed by atoms with Crippen molar-refractivity contribution in [2.24, 2.45) is 0 Å². The Bertz CT molecular complexity index is 1370. The van der Waals surface area contributed by atoms with Gasteiger partial charge in [0.15, 0.2) is 0 Å². The molecular weight excluding hydrogens is 368 g/mol. The largest absolute Gasteiger partial charge is 0.306 e. The minimum atomic E-state index is 0.880. The Morgan fingerprint density at radius 2 is 1.57 bits per heavy atom. The summed E-state index contributed by atoms with van der Waals surface area (Å²) >= 11 is 0. The lowest BCUT2D eigenvalue weighted by Crippen LogP contribution is -2.19. The van der Waals surface area contributed by atoms with E-state index in [2.05, 4.69) is 100 Å². The van der Waals surface area contributed by atoms with Crippen molar-refractivity contribution in [2.45, 2.75) is 13.3 Å². The summed E-state index contributed by atoms with van der Waals surface area (Å²) in [5.74, 6) is 1.09. The molecule has 0 spiro atoms. The van der Waals surface area contributed by atoms with Gasteiger partial charge in [0.25, 0.3) is 0 Å². The van der Waals surface area contributed by atoms with Crippen LogP contribution in [0.15, 0.2) is 91.3 Å². The molecule has 1 aliphatic heterocycles. The first-order valence-corrected chi connectivity index (χ1v) is 10.3. The van der Waals surface area contributed by atoms with E-state index in [4.69, 9.17) is 4.98 Å². The molecule has 144 valence electrons. The van der Waals surface area contributed by atoms with Crippen LogP contribution in [0.2, 0.25) is 0 Å². The first-order valence-electron chi connectivity index (χ1n) is 10.3. The number of benzene rings is 3. The van der Waals surface area contributed by atoms with Gasteiger partial charge in [-0.2, -0.15) is 0 Å². The maximum absolute atomic E-state index is 4.94. The number of imidazole rings is 1. The van der Waals surface area contributed by atoms with Crippen LogP contribution in [-0.4, -0.2) is 14.5 Å². The summed E-state index contributed by atoms with van der Waals surface area (Å²) in [4.78, 5) is 11.5. The van der Waals surface area contributed by atoms with Crippen LogP contribution in [0.5, 0.6) is 0 Å². The molecule has 2 aromatic heterocycles. The Labute approximate surface area is 175 Å². The third-order valence-corrected chi connectivity index (χ3v) is 5.77. The SMILES string of the molecule is CCc1nc2cccc3c2n1-c1ccc(-c2ccncc2)cc1N3c1ccccc1. The van der Waals surface area contributed by atoms with E-state index in [-0.39, 0.29) is 0 Å². The van der Waals surface area contributed by atoms with E-state index in [0.29, 0.717) is 0 Å². The predicted molar refractivity (Wildman–Crippen MR) is 122 cm³/mol. The highest BCUT2D eigenvalue weighted by atomic mass is 15.2. The molecule has 0 amide bonds. The van der Waals surface area contributed by atoms with Crippen LogP contribution in [0, 0.1) is 0 Å². The quantitative estimate of drug-likeness (QED) is 0.350. The summed E-state index contributed by atoms with van der Waals surface area (Å²) in [5.41, 5.74) is 9.15. The lowest BCUT2D eigenvalue weighted by molar-refractivity contribution is 0.900. The number of fused-ring (bicyclic) bond motifs is 2. The van der Waals surface area contributed by atoms with Crippen molar-refractivity contribution in [1.82, 2.24) is 14.5 Å². The van der Waals surface area contributed by atoms with Crippen molar-refractivity contribution in [3.05, 3.63) is 97.1 Å². The third kappa shape index (κ3) is 2.40. The van der Waals surface area contributed by atoms with E-state index < -0.39 is 0 Å². The summed E-state index contributed by atoms with van der Waals surface area (Å²) < 4.78 is 2.33. The molecular formula is C26H20N4. The number of pyridine rings is 1. The summed E-state index contributed by atoms with van der Waals surface area (Å²) in [6, 6.07) is 27.7. The van der Waals surface area contributed by atoms with Crippen LogP contribution < -0.4 is 4.90 Å². The van der Waals surface area contributed by atoms with E-state index in [1.807, 2.05) is 12.4 Å². The summed E-state index contributed by atoms with van der Waals surface area (Å²) in [6.07, 6.45) is 4.56. The van der Waals surface area contributed by atoms with Crippen LogP contribution in [0.4, 0.5) is 17.1 Å². The van der Waals surface area contributed by atoms with Gasteiger partial charge in [0.2, 0.25) is 0 Å². The number of para-hydroxylation sites is 2. The fourth-order valence-electron chi connectivity index (χ4n) is 4.43. The smallest absolute Gasteiger partial charge is 0.114 e. The fraction of sp³-hybridized carbons (Fsp3) is 0.0769. The lowest BCUT2D eigenvalue weighted by Gasteiger charge is -2.33. The molecule has 6 rings (SSSR count). The minimum Gasteiger partial charge on any atom is -0.306 e. The van der Waals surface area contributed by atoms with E-state index in [1.54, 1.807) is 0 Å². The van der Waals surface area contributed by atoms with Gasteiger partial charge in [-0.05, 0) is 59.7 Å². The average Bonchev–Trinajstić information content (AvgIpc) is 3.20. The van der Waals surface area contributed by atoms with Crippen LogP contribution in [0.25, 0.3) is 27.8 Å². The Morgan fingerprint density at radius 3 is 2.37 bits per heavy atom. The predicted octanol–water partition coefficient (Wildman–Crippen LogP) is 6.43. The van der Waals surface area contributed by atoms with Gasteiger partial charge in [-0.15, -0.1) is 0 Å². The van der Waals surface area contributed by atoms with Crippen LogP contribution in [0.1, 0.15) is 12.7 Å². The molecule has 1 aliphatic rings. The maximum atomic E-state index is 4.94. The van der Waals surface area contributed by atoms with Gasteiger partial charge in [-0.3, -0.25) is 9.55 Å². The van der Waals surface area contributed by atoms with Crippen molar-refractivity contribution >= 4 is 28.1 Å². The number of aromatic nitrogens is 3. The van der Waals surface area contributed by atoms with E-state index in [0.717, 1.165) is 46.1 Å². The Hall–Kier alpha value is -3.92. The zero-order valence-electron chi connectivity index (χ0n) is 16.7. The van der Waals surface area contributed by atoms with Crippen LogP contribution >= 0.6 is 0 Å². The molecule has 0 N–H and O–H groups in total. The number of hydrogen-bond donors (Lipinski definition) is 0. The van der Waals surface area contributed by atoms with Crippen molar-refractivity contribution < 1.29 is 0 Å². The summed E-state index contributed by atoms with van der Waals surface area (Å²) in [5, 5.41) is 0. The Balaban J connectivity index is 1.70. The third-order valence-electron chi connectivity index (χ3n) is 5.77. The van der Waals surface area contributed by atoms with Gasteiger partial charge in [-0.1, -0.05) is 37.3 Å².